The van der Waals surface area contributed by atoms with Crippen LogP contribution in [0.1, 0.15) is 33.6 Å². The number of anilines is 1. The molecule has 1 fully saturated rings. The van der Waals surface area contributed by atoms with Crippen LogP contribution in [0.4, 0.5) is 5.69 Å². The lowest BCUT2D eigenvalue weighted by Crippen LogP contribution is -2.47. The van der Waals surface area contributed by atoms with Gasteiger partial charge < -0.3 is 10.2 Å². The van der Waals surface area contributed by atoms with E-state index < -0.39 is 0 Å². The van der Waals surface area contributed by atoms with Gasteiger partial charge in [-0.3, -0.25) is 9.69 Å². The number of hydrogen-bond acceptors (Lipinski definition) is 3. The number of carbonyl (C=O) groups is 1. The molecule has 1 aromatic rings. The van der Waals surface area contributed by atoms with Crippen molar-refractivity contribution in [2.24, 2.45) is 5.92 Å². The lowest BCUT2D eigenvalue weighted by Gasteiger charge is -2.36. The van der Waals surface area contributed by atoms with Crippen LogP contribution in [0.5, 0.6) is 0 Å². The second-order valence-electron chi connectivity index (χ2n) is 6.67. The normalized spacial score (nSPS) is 18.5. The number of nitrogens with one attached hydrogen (secondary N) is 1. The van der Waals surface area contributed by atoms with Gasteiger partial charge in [-0.2, -0.15) is 0 Å². The molecule has 0 bridgehead atoms. The molecule has 0 aliphatic carbocycles. The van der Waals surface area contributed by atoms with E-state index in [4.69, 9.17) is 0 Å². The van der Waals surface area contributed by atoms with Crippen LogP contribution >= 0.6 is 0 Å². The summed E-state index contributed by atoms with van der Waals surface area (Å²) in [5, 5.41) is 3.13. The Labute approximate surface area is 140 Å². The largest absolute Gasteiger partial charge is 0.369 e. The molecule has 4 nitrogen and oxygen atoms in total. The summed E-state index contributed by atoms with van der Waals surface area (Å²) in [6, 6.07) is 10.9. The summed E-state index contributed by atoms with van der Waals surface area (Å²) < 4.78 is 0. The Morgan fingerprint density at radius 3 is 2.39 bits per heavy atom. The van der Waals surface area contributed by atoms with Gasteiger partial charge in [0.25, 0.3) is 0 Å². The molecule has 0 radical (unpaired) electrons. The Morgan fingerprint density at radius 2 is 1.78 bits per heavy atom. The van der Waals surface area contributed by atoms with Crippen molar-refractivity contribution in [1.82, 2.24) is 10.2 Å². The van der Waals surface area contributed by atoms with Crippen LogP contribution in [-0.2, 0) is 4.79 Å². The Balaban J connectivity index is 1.67. The smallest absolute Gasteiger partial charge is 0.223 e. The molecule has 2 rings (SSSR count). The highest BCUT2D eigenvalue weighted by Crippen LogP contribution is 2.15. The average Bonchev–Trinajstić information content (AvgIpc) is 2.60. The van der Waals surface area contributed by atoms with E-state index in [1.807, 2.05) is 6.92 Å². The number of hydrogen-bond donors (Lipinski definition) is 1. The molecule has 1 heterocycles. The van der Waals surface area contributed by atoms with Gasteiger partial charge in [-0.15, -0.1) is 0 Å². The van der Waals surface area contributed by atoms with Gasteiger partial charge in [-0.25, -0.2) is 0 Å². The molecular formula is C19H31N3O. The molecule has 0 unspecified atom stereocenters. The summed E-state index contributed by atoms with van der Waals surface area (Å²) in [5.41, 5.74) is 1.32. The molecule has 1 N–H and O–H groups in total. The highest BCUT2D eigenvalue weighted by atomic mass is 16.1. The molecule has 4 heteroatoms. The quantitative estimate of drug-likeness (QED) is 0.840. The summed E-state index contributed by atoms with van der Waals surface area (Å²) in [7, 11) is 0. The topological polar surface area (TPSA) is 35.6 Å². The van der Waals surface area contributed by atoms with Gasteiger partial charge in [-0.05, 0) is 31.9 Å². The summed E-state index contributed by atoms with van der Waals surface area (Å²) >= 11 is 0. The van der Waals surface area contributed by atoms with Crippen molar-refractivity contribution in [3.8, 4) is 0 Å². The molecular weight excluding hydrogens is 286 g/mol. The fraction of sp³-hybridized carbons (Fsp3) is 0.632. The number of nitrogens with zero attached hydrogens (tertiary/aromatic N) is 2. The maximum absolute atomic E-state index is 11.9. The van der Waals surface area contributed by atoms with Crippen molar-refractivity contribution >= 4 is 11.6 Å². The third-order valence-corrected chi connectivity index (χ3v) is 4.82. The Kier molecular flexibility index (Phi) is 6.90. The molecule has 0 saturated carbocycles. The molecule has 1 aliphatic rings. The zero-order chi connectivity index (χ0) is 16.7. The molecule has 1 saturated heterocycles. The average molecular weight is 317 g/mol. The van der Waals surface area contributed by atoms with Gasteiger partial charge in [0.15, 0.2) is 0 Å². The van der Waals surface area contributed by atoms with Crippen molar-refractivity contribution in [2.45, 2.75) is 39.7 Å². The van der Waals surface area contributed by atoms with E-state index >= 15 is 0 Å². The second kappa shape index (κ2) is 8.92. The molecule has 0 aromatic heterocycles. The minimum atomic E-state index is 0.117. The van der Waals surface area contributed by atoms with E-state index in [1.54, 1.807) is 0 Å². The predicted molar refractivity (Wildman–Crippen MR) is 96.8 cm³/mol. The number of carbonyl (C=O) groups excluding carboxylic acids is 1. The van der Waals surface area contributed by atoms with E-state index in [1.165, 1.54) is 5.69 Å². The van der Waals surface area contributed by atoms with E-state index in [0.717, 1.165) is 45.6 Å². The van der Waals surface area contributed by atoms with Crippen LogP contribution in [0.25, 0.3) is 0 Å². The number of para-hydroxylation sites is 1. The van der Waals surface area contributed by atoms with Crippen LogP contribution in [-0.4, -0.2) is 49.6 Å². The summed E-state index contributed by atoms with van der Waals surface area (Å²) in [4.78, 5) is 16.9. The first-order valence-corrected chi connectivity index (χ1v) is 8.93. The Morgan fingerprint density at radius 1 is 1.13 bits per heavy atom. The first-order chi connectivity index (χ1) is 11.1. The highest BCUT2D eigenvalue weighted by Gasteiger charge is 2.18. The lowest BCUT2D eigenvalue weighted by molar-refractivity contribution is -0.125. The number of rotatable bonds is 7. The molecule has 1 amide bonds. The molecule has 1 aromatic carbocycles. The van der Waals surface area contributed by atoms with Crippen molar-refractivity contribution in [2.75, 3.05) is 37.6 Å². The Hall–Kier alpha value is -1.55. The zero-order valence-corrected chi connectivity index (χ0v) is 14.8. The zero-order valence-electron chi connectivity index (χ0n) is 14.8. The van der Waals surface area contributed by atoms with Gasteiger partial charge >= 0.3 is 0 Å². The number of benzene rings is 1. The summed E-state index contributed by atoms with van der Waals surface area (Å²) in [6.45, 7) is 11.6. The van der Waals surface area contributed by atoms with Crippen LogP contribution in [0, 0.1) is 5.92 Å². The third kappa shape index (κ3) is 5.54. The second-order valence-corrected chi connectivity index (χ2v) is 6.67. The standard InChI is InChI=1S/C19H31N3O/c1-4-16(2)19(23)20-17(3)10-11-21-12-14-22(15-13-21)18-8-6-5-7-9-18/h5-9,16-17H,4,10-15H2,1-3H3,(H,20,23)/t16-,17-/m0/s1. The SMILES string of the molecule is CC[C@H](C)C(=O)N[C@@H](C)CCN1CCN(c2ccccc2)CC1. The molecule has 128 valence electrons. The van der Waals surface area contributed by atoms with Gasteiger partial charge in [0.1, 0.15) is 0 Å². The minimum absolute atomic E-state index is 0.117. The van der Waals surface area contributed by atoms with E-state index in [0.29, 0.717) is 0 Å². The van der Waals surface area contributed by atoms with Crippen LogP contribution in [0.2, 0.25) is 0 Å². The van der Waals surface area contributed by atoms with Crippen LogP contribution < -0.4 is 10.2 Å². The first kappa shape index (κ1) is 17.8. The van der Waals surface area contributed by atoms with Gasteiger partial charge in [0.2, 0.25) is 5.91 Å². The fourth-order valence-corrected chi connectivity index (χ4v) is 2.89. The maximum Gasteiger partial charge on any atom is 0.223 e. The molecule has 1 aliphatic heterocycles. The monoisotopic (exact) mass is 317 g/mol. The van der Waals surface area contributed by atoms with Crippen molar-refractivity contribution < 1.29 is 4.79 Å². The van der Waals surface area contributed by atoms with Gasteiger partial charge in [-0.1, -0.05) is 32.0 Å². The summed E-state index contributed by atoms with van der Waals surface area (Å²) in [5.74, 6) is 0.306. The van der Waals surface area contributed by atoms with Crippen LogP contribution in [0.3, 0.4) is 0 Å². The number of piperazine rings is 1. The van der Waals surface area contributed by atoms with Gasteiger partial charge in [0, 0.05) is 50.4 Å². The predicted octanol–water partition coefficient (Wildman–Crippen LogP) is 2.75. The first-order valence-electron chi connectivity index (χ1n) is 8.93. The lowest BCUT2D eigenvalue weighted by atomic mass is 10.1. The van der Waals surface area contributed by atoms with E-state index in [-0.39, 0.29) is 17.9 Å². The third-order valence-electron chi connectivity index (χ3n) is 4.82. The van der Waals surface area contributed by atoms with Crippen molar-refractivity contribution in [3.63, 3.8) is 0 Å². The fourth-order valence-electron chi connectivity index (χ4n) is 2.89. The van der Waals surface area contributed by atoms with Crippen LogP contribution in [0.15, 0.2) is 30.3 Å². The van der Waals surface area contributed by atoms with Crippen molar-refractivity contribution in [1.29, 1.82) is 0 Å². The molecule has 2 atom stereocenters. The molecule has 0 spiro atoms. The molecule has 23 heavy (non-hydrogen) atoms. The Bertz CT molecular complexity index is 469. The van der Waals surface area contributed by atoms with Gasteiger partial charge in [0.05, 0.1) is 0 Å². The summed E-state index contributed by atoms with van der Waals surface area (Å²) in [6.07, 6.45) is 1.92. The maximum atomic E-state index is 11.9. The van der Waals surface area contributed by atoms with E-state index in [2.05, 4.69) is 59.3 Å². The minimum Gasteiger partial charge on any atom is -0.369 e. The number of amides is 1. The van der Waals surface area contributed by atoms with E-state index in [9.17, 15) is 4.79 Å². The van der Waals surface area contributed by atoms with Crippen molar-refractivity contribution in [3.05, 3.63) is 30.3 Å². The highest BCUT2D eigenvalue weighted by molar-refractivity contribution is 5.78.